The van der Waals surface area contributed by atoms with Gasteiger partial charge in [0.2, 0.25) is 0 Å². The van der Waals surface area contributed by atoms with E-state index >= 15 is 0 Å². The van der Waals surface area contributed by atoms with Crippen LogP contribution < -0.4 is 4.74 Å². The molecule has 0 atom stereocenters. The van der Waals surface area contributed by atoms with Crippen LogP contribution in [-0.4, -0.2) is 24.1 Å². The van der Waals surface area contributed by atoms with E-state index in [0.29, 0.717) is 6.61 Å². The summed E-state index contributed by atoms with van der Waals surface area (Å²) in [6.45, 7) is -0.119. The van der Waals surface area contributed by atoms with Crippen molar-refractivity contribution in [3.8, 4) is 5.75 Å². The number of carbonyl (C=O) groups excluding carboxylic acids is 1. The highest BCUT2D eigenvalue weighted by atomic mass is 16.5. The maximum atomic E-state index is 10.9. The molecule has 0 unspecified atom stereocenters. The van der Waals surface area contributed by atoms with E-state index in [4.69, 9.17) is 9.84 Å². The molecule has 3 heteroatoms. The van der Waals surface area contributed by atoms with Gasteiger partial charge in [0, 0.05) is 11.8 Å². The van der Waals surface area contributed by atoms with Crippen molar-refractivity contribution in [1.82, 2.24) is 0 Å². The van der Waals surface area contributed by atoms with Crippen LogP contribution in [0.5, 0.6) is 5.75 Å². The average molecular weight is 230 g/mol. The van der Waals surface area contributed by atoms with Crippen molar-refractivity contribution in [2.45, 2.75) is 6.42 Å². The topological polar surface area (TPSA) is 46.5 Å². The van der Waals surface area contributed by atoms with E-state index in [1.165, 1.54) is 0 Å². The number of hydrogen-bond donors (Lipinski definition) is 1. The van der Waals surface area contributed by atoms with Crippen molar-refractivity contribution in [3.63, 3.8) is 0 Å². The largest absolute Gasteiger partial charge is 0.492 e. The van der Waals surface area contributed by atoms with E-state index in [-0.39, 0.29) is 12.2 Å². The number of fused-ring (bicyclic) bond motifs is 1. The van der Waals surface area contributed by atoms with Crippen LogP contribution in [0.2, 0.25) is 0 Å². The first-order chi connectivity index (χ1) is 8.31. The molecular weight excluding hydrogens is 216 g/mol. The summed E-state index contributed by atoms with van der Waals surface area (Å²) >= 11 is 0. The molecule has 0 aliphatic rings. The zero-order chi connectivity index (χ0) is 12.1. The highest BCUT2D eigenvalue weighted by molar-refractivity contribution is 5.88. The Morgan fingerprint density at radius 2 is 1.88 bits per heavy atom. The fourth-order valence-corrected chi connectivity index (χ4v) is 1.68. The molecule has 2 rings (SSSR count). The molecule has 0 fully saturated rings. The lowest BCUT2D eigenvalue weighted by atomic mass is 10.1. The van der Waals surface area contributed by atoms with E-state index < -0.39 is 6.61 Å². The number of hydrogen-bond acceptors (Lipinski definition) is 3. The molecule has 0 aromatic heterocycles. The molecule has 3 nitrogen and oxygen atoms in total. The van der Waals surface area contributed by atoms with Crippen molar-refractivity contribution >= 4 is 16.6 Å². The van der Waals surface area contributed by atoms with Gasteiger partial charge in [-0.15, -0.1) is 0 Å². The zero-order valence-corrected chi connectivity index (χ0v) is 9.43. The summed E-state index contributed by atoms with van der Waals surface area (Å²) in [4.78, 5) is 10.9. The van der Waals surface area contributed by atoms with Gasteiger partial charge in [-0.05, 0) is 11.5 Å². The molecule has 0 saturated carbocycles. The van der Waals surface area contributed by atoms with Crippen LogP contribution in [0.4, 0.5) is 0 Å². The van der Waals surface area contributed by atoms with Crippen LogP contribution in [-0.2, 0) is 4.79 Å². The Bertz CT molecular complexity index is 514. The maximum absolute atomic E-state index is 10.9. The second kappa shape index (κ2) is 5.46. The third-order valence-electron chi connectivity index (χ3n) is 2.56. The zero-order valence-electron chi connectivity index (χ0n) is 9.43. The molecule has 2 aromatic carbocycles. The van der Waals surface area contributed by atoms with Gasteiger partial charge in [-0.2, -0.15) is 0 Å². The first-order valence-electron chi connectivity index (χ1n) is 5.54. The molecule has 2 aromatic rings. The average Bonchev–Trinajstić information content (AvgIpc) is 2.39. The van der Waals surface area contributed by atoms with Gasteiger partial charge in [0.15, 0.2) is 5.78 Å². The minimum absolute atomic E-state index is 0.203. The molecule has 0 amide bonds. The lowest BCUT2D eigenvalue weighted by Crippen LogP contribution is -2.09. The lowest BCUT2D eigenvalue weighted by molar-refractivity contribution is -0.122. The number of carbonyl (C=O) groups is 1. The van der Waals surface area contributed by atoms with Gasteiger partial charge in [0.25, 0.3) is 0 Å². The third-order valence-corrected chi connectivity index (χ3v) is 2.56. The summed E-state index contributed by atoms with van der Waals surface area (Å²) in [7, 11) is 0. The summed E-state index contributed by atoms with van der Waals surface area (Å²) in [5.41, 5.74) is 0. The minimum atomic E-state index is -0.418. The third kappa shape index (κ3) is 2.82. The Balaban J connectivity index is 2.11. The van der Waals surface area contributed by atoms with E-state index in [1.807, 2.05) is 42.5 Å². The van der Waals surface area contributed by atoms with Crippen LogP contribution in [0.3, 0.4) is 0 Å². The smallest absolute Gasteiger partial charge is 0.161 e. The Hall–Kier alpha value is -1.87. The molecule has 0 heterocycles. The standard InChI is InChI=1S/C14H14O3/c15-10-12(16)8-9-17-14-7-3-5-11-4-1-2-6-13(11)14/h1-7,15H,8-10H2. The molecule has 0 aliphatic heterocycles. The van der Waals surface area contributed by atoms with Crippen molar-refractivity contribution in [1.29, 1.82) is 0 Å². The number of aliphatic hydroxyl groups is 1. The van der Waals surface area contributed by atoms with Crippen LogP contribution in [0.15, 0.2) is 42.5 Å². The molecule has 0 radical (unpaired) electrons. The Labute approximate surface area is 99.6 Å². The second-order valence-corrected chi connectivity index (χ2v) is 3.77. The predicted molar refractivity (Wildman–Crippen MR) is 66.2 cm³/mol. The van der Waals surface area contributed by atoms with Gasteiger partial charge in [-0.25, -0.2) is 0 Å². The number of ether oxygens (including phenoxy) is 1. The Morgan fingerprint density at radius 3 is 2.71 bits per heavy atom. The molecule has 0 aliphatic carbocycles. The van der Waals surface area contributed by atoms with Crippen LogP contribution >= 0.6 is 0 Å². The van der Waals surface area contributed by atoms with Gasteiger partial charge in [-0.1, -0.05) is 36.4 Å². The molecule has 17 heavy (non-hydrogen) atoms. The molecule has 0 bridgehead atoms. The highest BCUT2D eigenvalue weighted by Gasteiger charge is 2.03. The number of ketones is 1. The maximum Gasteiger partial charge on any atom is 0.161 e. The fraction of sp³-hybridized carbons (Fsp3) is 0.214. The normalized spacial score (nSPS) is 10.4. The van der Waals surface area contributed by atoms with E-state index in [2.05, 4.69) is 0 Å². The molecule has 1 N–H and O–H groups in total. The quantitative estimate of drug-likeness (QED) is 0.856. The summed E-state index contributed by atoms with van der Waals surface area (Å²) in [5.74, 6) is 0.569. The second-order valence-electron chi connectivity index (χ2n) is 3.77. The van der Waals surface area contributed by atoms with Crippen molar-refractivity contribution < 1.29 is 14.6 Å². The number of benzene rings is 2. The lowest BCUT2D eigenvalue weighted by Gasteiger charge is -2.08. The van der Waals surface area contributed by atoms with E-state index in [0.717, 1.165) is 16.5 Å². The first kappa shape index (κ1) is 11.6. The number of Topliss-reactive ketones (excluding diaryl/α,β-unsaturated/α-hetero) is 1. The highest BCUT2D eigenvalue weighted by Crippen LogP contribution is 2.25. The van der Waals surface area contributed by atoms with E-state index in [9.17, 15) is 4.79 Å². The van der Waals surface area contributed by atoms with Gasteiger partial charge in [-0.3, -0.25) is 4.79 Å². The molecule has 0 spiro atoms. The van der Waals surface area contributed by atoms with Gasteiger partial charge < -0.3 is 9.84 Å². The number of aliphatic hydroxyl groups excluding tert-OH is 1. The summed E-state index contributed by atoms with van der Waals surface area (Å²) < 4.78 is 5.56. The van der Waals surface area contributed by atoms with Crippen molar-refractivity contribution in [3.05, 3.63) is 42.5 Å². The Morgan fingerprint density at radius 1 is 1.12 bits per heavy atom. The molecule has 0 saturated heterocycles. The van der Waals surface area contributed by atoms with Gasteiger partial charge in [0.1, 0.15) is 12.4 Å². The van der Waals surface area contributed by atoms with Gasteiger partial charge in [0.05, 0.1) is 6.61 Å². The minimum Gasteiger partial charge on any atom is -0.492 e. The van der Waals surface area contributed by atoms with Gasteiger partial charge >= 0.3 is 0 Å². The molecule has 88 valence electrons. The Kier molecular flexibility index (Phi) is 3.73. The van der Waals surface area contributed by atoms with Crippen LogP contribution in [0.1, 0.15) is 6.42 Å². The monoisotopic (exact) mass is 230 g/mol. The SMILES string of the molecule is O=C(CO)CCOc1cccc2ccccc12. The summed E-state index contributed by atoms with van der Waals surface area (Å²) in [5, 5.41) is 10.7. The number of rotatable bonds is 5. The predicted octanol–water partition coefficient (Wildman–Crippen LogP) is 2.17. The first-order valence-corrected chi connectivity index (χ1v) is 5.54. The summed E-state index contributed by atoms with van der Waals surface area (Å²) in [6.07, 6.45) is 0.236. The summed E-state index contributed by atoms with van der Waals surface area (Å²) in [6, 6.07) is 13.7. The molecular formula is C14H14O3. The van der Waals surface area contributed by atoms with Crippen molar-refractivity contribution in [2.75, 3.05) is 13.2 Å². The fourth-order valence-electron chi connectivity index (χ4n) is 1.68. The van der Waals surface area contributed by atoms with E-state index in [1.54, 1.807) is 0 Å². The van der Waals surface area contributed by atoms with Crippen LogP contribution in [0.25, 0.3) is 10.8 Å². The van der Waals surface area contributed by atoms with Crippen LogP contribution in [0, 0.1) is 0 Å². The van der Waals surface area contributed by atoms with Crippen molar-refractivity contribution in [2.24, 2.45) is 0 Å².